The quantitative estimate of drug-likeness (QED) is 0.757. The minimum atomic E-state index is -0.0891. The number of amides is 1. The number of aryl methyl sites for hydroxylation is 1. The van der Waals surface area contributed by atoms with E-state index in [0.717, 1.165) is 34.7 Å². The molecule has 1 aliphatic heterocycles. The van der Waals surface area contributed by atoms with Gasteiger partial charge in [0.05, 0.1) is 10.3 Å². The predicted molar refractivity (Wildman–Crippen MR) is 100 cm³/mol. The maximum Gasteiger partial charge on any atom is 0.259 e. The molecule has 0 aromatic carbocycles. The molecule has 2 aromatic heterocycles. The van der Waals surface area contributed by atoms with Crippen molar-refractivity contribution in [1.29, 1.82) is 0 Å². The molecule has 1 amide bonds. The SMILES string of the molecule is Cc1c[nH]c2ncnc(N3C=C(C(=O)N[C@H](C)CN)SCC3)c12.Cl. The molecule has 2 aromatic rings. The molecule has 7 nitrogen and oxygen atoms in total. The number of carbonyl (C=O) groups is 1. The molecule has 0 spiro atoms. The molecule has 0 saturated heterocycles. The predicted octanol–water partition coefficient (Wildman–Crippen LogP) is 1.55. The molecule has 3 rings (SSSR count). The van der Waals surface area contributed by atoms with Crippen LogP contribution in [0.1, 0.15) is 12.5 Å². The second-order valence-corrected chi connectivity index (χ2v) is 6.67. The zero-order valence-electron chi connectivity index (χ0n) is 13.6. The molecule has 0 bridgehead atoms. The van der Waals surface area contributed by atoms with Gasteiger partial charge in [-0.05, 0) is 19.4 Å². The third-order valence-corrected chi connectivity index (χ3v) is 4.73. The van der Waals surface area contributed by atoms with Crippen LogP contribution in [0.15, 0.2) is 23.6 Å². The highest BCUT2D eigenvalue weighted by Crippen LogP contribution is 2.30. The molecule has 24 heavy (non-hydrogen) atoms. The number of rotatable bonds is 4. The molecule has 1 atom stereocenters. The van der Waals surface area contributed by atoms with Crippen molar-refractivity contribution < 1.29 is 4.79 Å². The summed E-state index contributed by atoms with van der Waals surface area (Å²) in [5, 5.41) is 3.89. The van der Waals surface area contributed by atoms with E-state index in [2.05, 4.69) is 20.3 Å². The van der Waals surface area contributed by atoms with Gasteiger partial charge < -0.3 is 20.9 Å². The van der Waals surface area contributed by atoms with Gasteiger partial charge in [-0.2, -0.15) is 0 Å². The number of hydrogen-bond acceptors (Lipinski definition) is 6. The summed E-state index contributed by atoms with van der Waals surface area (Å²) in [7, 11) is 0. The zero-order chi connectivity index (χ0) is 16.4. The fourth-order valence-corrected chi connectivity index (χ4v) is 3.36. The molecule has 130 valence electrons. The van der Waals surface area contributed by atoms with E-state index in [1.54, 1.807) is 18.1 Å². The topological polar surface area (TPSA) is 99.9 Å². The molecule has 0 fully saturated rings. The van der Waals surface area contributed by atoms with Crippen LogP contribution in [0.4, 0.5) is 5.82 Å². The van der Waals surface area contributed by atoms with Crippen LogP contribution in [-0.2, 0) is 4.79 Å². The lowest BCUT2D eigenvalue weighted by Crippen LogP contribution is -2.39. The third-order valence-electron chi connectivity index (χ3n) is 3.74. The van der Waals surface area contributed by atoms with Gasteiger partial charge >= 0.3 is 0 Å². The summed E-state index contributed by atoms with van der Waals surface area (Å²) >= 11 is 1.55. The number of aromatic amines is 1. The molecule has 1 aliphatic rings. The van der Waals surface area contributed by atoms with Crippen molar-refractivity contribution in [3.8, 4) is 0 Å². The largest absolute Gasteiger partial charge is 0.348 e. The Morgan fingerprint density at radius 1 is 1.54 bits per heavy atom. The number of fused-ring (bicyclic) bond motifs is 1. The molecule has 0 radical (unpaired) electrons. The second kappa shape index (κ2) is 7.87. The third kappa shape index (κ3) is 3.66. The van der Waals surface area contributed by atoms with E-state index in [4.69, 9.17) is 5.73 Å². The lowest BCUT2D eigenvalue weighted by Gasteiger charge is -2.26. The summed E-state index contributed by atoms with van der Waals surface area (Å²) in [6.07, 6.45) is 5.32. The van der Waals surface area contributed by atoms with E-state index in [-0.39, 0.29) is 24.4 Å². The first-order chi connectivity index (χ1) is 11.1. The Bertz CT molecular complexity index is 762. The van der Waals surface area contributed by atoms with Crippen molar-refractivity contribution in [2.45, 2.75) is 19.9 Å². The maximum atomic E-state index is 12.3. The Labute approximate surface area is 150 Å². The van der Waals surface area contributed by atoms with Crippen LogP contribution in [0.5, 0.6) is 0 Å². The number of H-pyrrole nitrogens is 1. The van der Waals surface area contributed by atoms with Gasteiger partial charge in [0.25, 0.3) is 5.91 Å². The van der Waals surface area contributed by atoms with Crippen molar-refractivity contribution >= 4 is 46.9 Å². The van der Waals surface area contributed by atoms with Crippen molar-refractivity contribution in [3.05, 3.63) is 29.2 Å². The molecule has 4 N–H and O–H groups in total. The highest BCUT2D eigenvalue weighted by atomic mass is 35.5. The molecule has 0 unspecified atom stereocenters. The van der Waals surface area contributed by atoms with E-state index in [0.29, 0.717) is 11.4 Å². The van der Waals surface area contributed by atoms with Gasteiger partial charge in [0.2, 0.25) is 0 Å². The molecule has 3 heterocycles. The van der Waals surface area contributed by atoms with E-state index in [1.807, 2.05) is 31.1 Å². The Hall–Kier alpha value is -1.77. The Morgan fingerprint density at radius 3 is 3.08 bits per heavy atom. The number of aromatic nitrogens is 3. The average Bonchev–Trinajstić information content (AvgIpc) is 2.96. The molecular formula is C15H21ClN6OS. The zero-order valence-corrected chi connectivity index (χ0v) is 15.2. The molecule has 0 aliphatic carbocycles. The lowest BCUT2D eigenvalue weighted by atomic mass is 10.2. The van der Waals surface area contributed by atoms with Crippen LogP contribution >= 0.6 is 24.2 Å². The van der Waals surface area contributed by atoms with Gasteiger partial charge in [-0.1, -0.05) is 0 Å². The lowest BCUT2D eigenvalue weighted by molar-refractivity contribution is -0.117. The van der Waals surface area contributed by atoms with Crippen LogP contribution in [0.3, 0.4) is 0 Å². The summed E-state index contributed by atoms with van der Waals surface area (Å²) in [5.74, 6) is 1.56. The van der Waals surface area contributed by atoms with Gasteiger partial charge in [-0.3, -0.25) is 4.79 Å². The van der Waals surface area contributed by atoms with Crippen LogP contribution in [0.2, 0.25) is 0 Å². The number of nitrogens with zero attached hydrogens (tertiary/aromatic N) is 3. The van der Waals surface area contributed by atoms with Crippen LogP contribution in [-0.4, -0.2) is 45.7 Å². The number of halogens is 1. The Morgan fingerprint density at radius 2 is 2.33 bits per heavy atom. The fraction of sp³-hybridized carbons (Fsp3) is 0.400. The van der Waals surface area contributed by atoms with Crippen LogP contribution in [0.25, 0.3) is 11.0 Å². The minimum Gasteiger partial charge on any atom is -0.348 e. The Kier molecular flexibility index (Phi) is 6.09. The van der Waals surface area contributed by atoms with Crippen molar-refractivity contribution in [1.82, 2.24) is 20.3 Å². The van der Waals surface area contributed by atoms with Gasteiger partial charge in [-0.15, -0.1) is 24.2 Å². The molecular weight excluding hydrogens is 348 g/mol. The van der Waals surface area contributed by atoms with Crippen LogP contribution in [0, 0.1) is 6.92 Å². The number of nitrogens with two attached hydrogens (primary N) is 1. The fourth-order valence-electron chi connectivity index (χ4n) is 2.46. The highest BCUT2D eigenvalue weighted by molar-refractivity contribution is 8.04. The summed E-state index contributed by atoms with van der Waals surface area (Å²) in [6, 6.07) is -0.0444. The van der Waals surface area contributed by atoms with E-state index < -0.39 is 0 Å². The van der Waals surface area contributed by atoms with Crippen molar-refractivity contribution in [2.24, 2.45) is 5.73 Å². The standard InChI is InChI=1S/C15H20N6OS.ClH/c1-9-6-17-13-12(9)14(19-8-18-13)21-3-4-23-11(7-21)15(22)20-10(2)5-16;/h6-8,10H,3-5,16H2,1-2H3,(H,20,22)(H,17,18,19);1H/t10-;/m1./s1. The number of anilines is 1. The number of thioether (sulfide) groups is 1. The smallest absolute Gasteiger partial charge is 0.259 e. The monoisotopic (exact) mass is 368 g/mol. The average molecular weight is 369 g/mol. The van der Waals surface area contributed by atoms with E-state index in [1.165, 1.54) is 0 Å². The normalized spacial score (nSPS) is 15.6. The number of nitrogens with one attached hydrogen (secondary N) is 2. The van der Waals surface area contributed by atoms with Crippen molar-refractivity contribution in [2.75, 3.05) is 23.7 Å². The summed E-state index contributed by atoms with van der Waals surface area (Å²) in [6.45, 7) is 5.12. The summed E-state index contributed by atoms with van der Waals surface area (Å²) < 4.78 is 0. The van der Waals surface area contributed by atoms with Crippen molar-refractivity contribution in [3.63, 3.8) is 0 Å². The first-order valence-electron chi connectivity index (χ1n) is 7.51. The summed E-state index contributed by atoms with van der Waals surface area (Å²) in [4.78, 5) is 26.8. The molecule has 9 heteroatoms. The second-order valence-electron chi connectivity index (χ2n) is 5.54. The summed E-state index contributed by atoms with van der Waals surface area (Å²) in [5.41, 5.74) is 7.46. The van der Waals surface area contributed by atoms with Gasteiger partial charge in [0, 0.05) is 37.3 Å². The van der Waals surface area contributed by atoms with Gasteiger partial charge in [0.1, 0.15) is 17.8 Å². The Balaban J connectivity index is 0.00000208. The minimum absolute atomic E-state index is 0. The first-order valence-corrected chi connectivity index (χ1v) is 8.49. The highest BCUT2D eigenvalue weighted by Gasteiger charge is 2.21. The molecule has 0 saturated carbocycles. The van der Waals surface area contributed by atoms with E-state index in [9.17, 15) is 4.79 Å². The van der Waals surface area contributed by atoms with Crippen LogP contribution < -0.4 is 16.0 Å². The number of carbonyl (C=O) groups excluding carboxylic acids is 1. The van der Waals surface area contributed by atoms with Gasteiger partial charge in [-0.25, -0.2) is 9.97 Å². The first kappa shape index (κ1) is 18.6. The van der Waals surface area contributed by atoms with E-state index >= 15 is 0 Å². The van der Waals surface area contributed by atoms with Gasteiger partial charge in [0.15, 0.2) is 0 Å². The maximum absolute atomic E-state index is 12.3. The number of hydrogen-bond donors (Lipinski definition) is 3.